The highest BCUT2D eigenvalue weighted by molar-refractivity contribution is 5.94. The highest BCUT2D eigenvalue weighted by atomic mass is 16.3. The number of nitrogens with one attached hydrogen (secondary N) is 1. The third kappa shape index (κ3) is 4.15. The maximum Gasteiger partial charge on any atom is 0.251 e. The smallest absolute Gasteiger partial charge is 0.251 e. The Morgan fingerprint density at radius 3 is 2.17 bits per heavy atom. The van der Waals surface area contributed by atoms with Gasteiger partial charge in [0.25, 0.3) is 5.91 Å². The molecule has 0 aromatic heterocycles. The van der Waals surface area contributed by atoms with Crippen molar-refractivity contribution in [3.8, 4) is 0 Å². The van der Waals surface area contributed by atoms with Gasteiger partial charge in [0.15, 0.2) is 0 Å². The summed E-state index contributed by atoms with van der Waals surface area (Å²) >= 11 is 0. The summed E-state index contributed by atoms with van der Waals surface area (Å²) in [5, 5.41) is 12.4. The Kier molecular flexibility index (Phi) is 5.35. The first-order chi connectivity index (χ1) is 8.41. The number of hydrogen-bond acceptors (Lipinski definition) is 2. The van der Waals surface area contributed by atoms with E-state index in [2.05, 4.69) is 19.2 Å². The van der Waals surface area contributed by atoms with Crippen LogP contribution in [0.4, 0.5) is 0 Å². The van der Waals surface area contributed by atoms with E-state index in [1.165, 1.54) is 5.56 Å². The Morgan fingerprint density at radius 2 is 1.72 bits per heavy atom. The average Bonchev–Trinajstić information content (AvgIpc) is 2.35. The maximum atomic E-state index is 11.8. The molecule has 0 bridgehead atoms. The largest absolute Gasteiger partial charge is 0.391 e. The molecular weight excluding hydrogens is 226 g/mol. The molecule has 1 aromatic rings. The van der Waals surface area contributed by atoms with Gasteiger partial charge in [0.1, 0.15) is 0 Å². The second-order valence-electron chi connectivity index (χ2n) is 5.30. The summed E-state index contributed by atoms with van der Waals surface area (Å²) in [6, 6.07) is 7.59. The molecule has 1 atom stereocenters. The number of carbonyl (C=O) groups is 1. The molecule has 3 nitrogen and oxygen atoms in total. The molecule has 0 radical (unpaired) electrons. The van der Waals surface area contributed by atoms with Crippen molar-refractivity contribution < 1.29 is 9.90 Å². The number of carbonyl (C=O) groups excluding carboxylic acids is 1. The first-order valence-corrected chi connectivity index (χ1v) is 6.48. The summed E-state index contributed by atoms with van der Waals surface area (Å²) in [7, 11) is 0. The van der Waals surface area contributed by atoms with Gasteiger partial charge in [0.05, 0.1) is 6.10 Å². The summed E-state index contributed by atoms with van der Waals surface area (Å²) in [6.45, 7) is 8.38. The second-order valence-corrected chi connectivity index (χ2v) is 5.30. The predicted octanol–water partition coefficient (Wildman–Crippen LogP) is 2.56. The summed E-state index contributed by atoms with van der Waals surface area (Å²) < 4.78 is 0. The highest BCUT2D eigenvalue weighted by Gasteiger charge is 2.12. The van der Waals surface area contributed by atoms with Gasteiger partial charge < -0.3 is 10.4 Å². The van der Waals surface area contributed by atoms with Gasteiger partial charge in [-0.1, -0.05) is 39.8 Å². The van der Waals surface area contributed by atoms with Crippen molar-refractivity contribution in [2.75, 3.05) is 6.54 Å². The van der Waals surface area contributed by atoms with Crippen LogP contribution in [0.15, 0.2) is 24.3 Å². The van der Waals surface area contributed by atoms with Gasteiger partial charge in [-0.05, 0) is 29.5 Å². The van der Waals surface area contributed by atoms with Crippen molar-refractivity contribution in [3.05, 3.63) is 35.4 Å². The normalized spacial score (nSPS) is 12.8. The fraction of sp³-hybridized carbons (Fsp3) is 0.533. The minimum atomic E-state index is -0.496. The lowest BCUT2D eigenvalue weighted by molar-refractivity contribution is 0.0871. The molecule has 1 rings (SSSR count). The van der Waals surface area contributed by atoms with Crippen LogP contribution in [-0.2, 0) is 0 Å². The zero-order valence-corrected chi connectivity index (χ0v) is 11.6. The molecule has 0 aliphatic rings. The molecule has 0 saturated carbocycles. The van der Waals surface area contributed by atoms with Crippen LogP contribution >= 0.6 is 0 Å². The number of rotatable bonds is 5. The van der Waals surface area contributed by atoms with E-state index < -0.39 is 6.10 Å². The van der Waals surface area contributed by atoms with Crippen molar-refractivity contribution in [1.82, 2.24) is 5.32 Å². The number of aliphatic hydroxyl groups excluding tert-OH is 1. The van der Waals surface area contributed by atoms with E-state index in [9.17, 15) is 9.90 Å². The van der Waals surface area contributed by atoms with E-state index in [0.717, 1.165) is 0 Å². The first kappa shape index (κ1) is 14.7. The van der Waals surface area contributed by atoms with Gasteiger partial charge in [-0.15, -0.1) is 0 Å². The summed E-state index contributed by atoms with van der Waals surface area (Å²) in [4.78, 5) is 11.8. The van der Waals surface area contributed by atoms with Crippen LogP contribution < -0.4 is 5.32 Å². The fourth-order valence-electron chi connectivity index (χ4n) is 1.55. The topological polar surface area (TPSA) is 49.3 Å². The lowest BCUT2D eigenvalue weighted by Gasteiger charge is -2.15. The first-order valence-electron chi connectivity index (χ1n) is 6.48. The minimum Gasteiger partial charge on any atom is -0.391 e. The van der Waals surface area contributed by atoms with E-state index in [1.807, 2.05) is 38.1 Å². The van der Waals surface area contributed by atoms with Gasteiger partial charge in [0, 0.05) is 12.1 Å². The molecule has 1 amide bonds. The SMILES string of the molecule is CC(C)c1ccc(C(=O)NCC(O)C(C)C)cc1. The van der Waals surface area contributed by atoms with E-state index in [1.54, 1.807) is 0 Å². The lowest BCUT2D eigenvalue weighted by atomic mass is 10.0. The molecule has 1 aromatic carbocycles. The molecule has 0 aliphatic carbocycles. The van der Waals surface area contributed by atoms with E-state index in [-0.39, 0.29) is 11.8 Å². The Labute approximate surface area is 109 Å². The van der Waals surface area contributed by atoms with E-state index in [0.29, 0.717) is 18.0 Å². The molecular formula is C15H23NO2. The van der Waals surface area contributed by atoms with Gasteiger partial charge in [0.2, 0.25) is 0 Å². The van der Waals surface area contributed by atoms with Crippen LogP contribution in [0.5, 0.6) is 0 Å². The van der Waals surface area contributed by atoms with Crippen molar-refractivity contribution in [2.45, 2.75) is 39.7 Å². The molecule has 0 spiro atoms. The zero-order valence-electron chi connectivity index (χ0n) is 11.6. The lowest BCUT2D eigenvalue weighted by Crippen LogP contribution is -2.34. The third-order valence-electron chi connectivity index (χ3n) is 3.08. The van der Waals surface area contributed by atoms with E-state index >= 15 is 0 Å². The summed E-state index contributed by atoms with van der Waals surface area (Å²) in [5.74, 6) is 0.475. The van der Waals surface area contributed by atoms with Crippen LogP contribution in [0.1, 0.15) is 49.5 Å². The molecule has 18 heavy (non-hydrogen) atoms. The molecule has 0 fully saturated rings. The van der Waals surface area contributed by atoms with Crippen LogP contribution in [0.3, 0.4) is 0 Å². The monoisotopic (exact) mass is 249 g/mol. The fourth-order valence-corrected chi connectivity index (χ4v) is 1.55. The highest BCUT2D eigenvalue weighted by Crippen LogP contribution is 2.14. The predicted molar refractivity (Wildman–Crippen MR) is 73.7 cm³/mol. The molecule has 0 saturated heterocycles. The summed E-state index contributed by atoms with van der Waals surface area (Å²) in [6.07, 6.45) is -0.496. The van der Waals surface area contributed by atoms with Crippen LogP contribution in [0, 0.1) is 5.92 Å². The number of hydrogen-bond donors (Lipinski definition) is 2. The quantitative estimate of drug-likeness (QED) is 0.842. The molecule has 100 valence electrons. The number of aliphatic hydroxyl groups is 1. The van der Waals surface area contributed by atoms with Crippen molar-refractivity contribution in [1.29, 1.82) is 0 Å². The summed E-state index contributed by atoms with van der Waals surface area (Å²) in [5.41, 5.74) is 1.85. The van der Waals surface area contributed by atoms with Crippen molar-refractivity contribution >= 4 is 5.91 Å². The van der Waals surface area contributed by atoms with Crippen LogP contribution in [0.2, 0.25) is 0 Å². The van der Waals surface area contributed by atoms with E-state index in [4.69, 9.17) is 0 Å². The second kappa shape index (κ2) is 6.55. The maximum absolute atomic E-state index is 11.8. The van der Waals surface area contributed by atoms with Gasteiger partial charge in [-0.3, -0.25) is 4.79 Å². The van der Waals surface area contributed by atoms with Gasteiger partial charge in [-0.2, -0.15) is 0 Å². The Morgan fingerprint density at radius 1 is 1.17 bits per heavy atom. The number of amides is 1. The average molecular weight is 249 g/mol. The Bertz CT molecular complexity index is 382. The minimum absolute atomic E-state index is 0.134. The molecule has 0 heterocycles. The third-order valence-corrected chi connectivity index (χ3v) is 3.08. The van der Waals surface area contributed by atoms with Crippen molar-refractivity contribution in [3.63, 3.8) is 0 Å². The Balaban J connectivity index is 2.57. The zero-order chi connectivity index (χ0) is 13.7. The van der Waals surface area contributed by atoms with Crippen LogP contribution in [0.25, 0.3) is 0 Å². The molecule has 0 aliphatic heterocycles. The standard InChI is InChI=1S/C15H23NO2/c1-10(2)12-5-7-13(8-6-12)15(18)16-9-14(17)11(3)4/h5-8,10-11,14,17H,9H2,1-4H3,(H,16,18). The Hall–Kier alpha value is -1.35. The van der Waals surface area contributed by atoms with Gasteiger partial charge in [-0.25, -0.2) is 0 Å². The van der Waals surface area contributed by atoms with Crippen molar-refractivity contribution in [2.24, 2.45) is 5.92 Å². The number of benzene rings is 1. The van der Waals surface area contributed by atoms with Crippen LogP contribution in [-0.4, -0.2) is 23.7 Å². The molecule has 2 N–H and O–H groups in total. The van der Waals surface area contributed by atoms with Gasteiger partial charge >= 0.3 is 0 Å². The molecule has 3 heteroatoms. The molecule has 1 unspecified atom stereocenters.